The number of nitrogens with zero attached hydrogens (tertiary/aromatic N) is 4. The molecule has 0 fully saturated rings. The molecule has 1 atom stereocenters. The highest BCUT2D eigenvalue weighted by Crippen LogP contribution is 2.29. The van der Waals surface area contributed by atoms with Crippen molar-refractivity contribution in [1.82, 2.24) is 14.7 Å². The van der Waals surface area contributed by atoms with E-state index in [4.69, 9.17) is 4.74 Å². The second kappa shape index (κ2) is 6.58. The van der Waals surface area contributed by atoms with E-state index in [0.29, 0.717) is 5.84 Å². The van der Waals surface area contributed by atoms with Crippen molar-refractivity contribution < 1.29 is 19.1 Å². The number of nitrogens with one attached hydrogen (secondary N) is 1. The number of hydrogen-bond acceptors (Lipinski definition) is 6. The Balaban J connectivity index is 1.91. The number of amides is 2. The fourth-order valence-electron chi connectivity index (χ4n) is 2.87. The topological polar surface area (TPSA) is 106 Å². The van der Waals surface area contributed by atoms with Gasteiger partial charge in [0.1, 0.15) is 22.8 Å². The van der Waals surface area contributed by atoms with Gasteiger partial charge in [0.2, 0.25) is 0 Å². The number of rotatable bonds is 4. The van der Waals surface area contributed by atoms with Crippen molar-refractivity contribution in [2.24, 2.45) is 12.0 Å². The van der Waals surface area contributed by atoms with Crippen molar-refractivity contribution in [2.45, 2.75) is 25.8 Å². The summed E-state index contributed by atoms with van der Waals surface area (Å²) in [6.45, 7) is 3.55. The van der Waals surface area contributed by atoms with Crippen LogP contribution in [0.2, 0.25) is 0 Å². The molecule has 2 amide bonds. The molecule has 2 aliphatic heterocycles. The zero-order valence-corrected chi connectivity index (χ0v) is 14.7. The summed E-state index contributed by atoms with van der Waals surface area (Å²) in [6.07, 6.45) is 8.10. The van der Waals surface area contributed by atoms with Crippen LogP contribution in [-0.2, 0) is 21.4 Å². The first-order valence-corrected chi connectivity index (χ1v) is 8.13. The highest BCUT2D eigenvalue weighted by molar-refractivity contribution is 6.12. The third kappa shape index (κ3) is 2.92. The molecule has 136 valence electrons. The van der Waals surface area contributed by atoms with Gasteiger partial charge < -0.3 is 15.0 Å². The van der Waals surface area contributed by atoms with Crippen LogP contribution in [0.25, 0.3) is 0 Å². The Kier molecular flexibility index (Phi) is 4.45. The van der Waals surface area contributed by atoms with Crippen LogP contribution < -0.4 is 5.32 Å². The van der Waals surface area contributed by atoms with E-state index in [9.17, 15) is 14.4 Å². The number of aryl methyl sites for hydroxylation is 1. The number of fused-ring (bicyclic) bond motifs is 1. The molecule has 1 aromatic rings. The van der Waals surface area contributed by atoms with E-state index in [1.165, 1.54) is 10.9 Å². The average Bonchev–Trinajstić information content (AvgIpc) is 2.96. The molecular weight excluding hydrogens is 338 g/mol. The summed E-state index contributed by atoms with van der Waals surface area (Å²) in [7, 11) is 1.60. The summed E-state index contributed by atoms with van der Waals surface area (Å²) in [5.74, 6) is -0.805. The van der Waals surface area contributed by atoms with Crippen LogP contribution in [0.5, 0.6) is 0 Å². The minimum atomic E-state index is -1.19. The van der Waals surface area contributed by atoms with Gasteiger partial charge in [-0.05, 0) is 26.0 Å². The van der Waals surface area contributed by atoms with Crippen molar-refractivity contribution in [2.75, 3.05) is 11.9 Å². The first kappa shape index (κ1) is 17.6. The molecule has 1 unspecified atom stereocenters. The van der Waals surface area contributed by atoms with E-state index >= 15 is 0 Å². The van der Waals surface area contributed by atoms with Gasteiger partial charge in [-0.2, -0.15) is 10.1 Å². The predicted molar refractivity (Wildman–Crippen MR) is 93.4 cm³/mol. The van der Waals surface area contributed by atoms with Gasteiger partial charge >= 0.3 is 5.97 Å². The Morgan fingerprint density at radius 2 is 2.15 bits per heavy atom. The molecule has 0 spiro atoms. The van der Waals surface area contributed by atoms with Gasteiger partial charge in [-0.3, -0.25) is 14.3 Å². The minimum Gasteiger partial charge on any atom is -0.462 e. The largest absolute Gasteiger partial charge is 0.462 e. The van der Waals surface area contributed by atoms with Crippen molar-refractivity contribution >= 4 is 29.4 Å². The van der Waals surface area contributed by atoms with E-state index in [2.05, 4.69) is 15.4 Å². The Labute approximate surface area is 150 Å². The first-order chi connectivity index (χ1) is 12.4. The van der Waals surface area contributed by atoms with Gasteiger partial charge in [-0.25, -0.2) is 4.79 Å². The molecule has 26 heavy (non-hydrogen) atoms. The Morgan fingerprint density at radius 1 is 1.38 bits per heavy atom. The number of allylic oxidation sites excluding steroid dienone is 2. The number of hydrogen-bond donors (Lipinski definition) is 1. The summed E-state index contributed by atoms with van der Waals surface area (Å²) in [4.78, 5) is 42.8. The number of ether oxygens (including phenoxy) is 1. The Morgan fingerprint density at radius 3 is 2.88 bits per heavy atom. The van der Waals surface area contributed by atoms with E-state index in [-0.39, 0.29) is 30.3 Å². The Hall–Kier alpha value is -3.23. The number of esters is 1. The molecule has 3 rings (SSSR count). The molecule has 0 aromatic carbocycles. The predicted octanol–water partition coefficient (Wildman–Crippen LogP) is 1.01. The molecule has 2 aliphatic rings. The molecule has 0 aliphatic carbocycles. The molecule has 1 N–H and O–H groups in total. The zero-order valence-electron chi connectivity index (χ0n) is 14.7. The van der Waals surface area contributed by atoms with Gasteiger partial charge in [0.25, 0.3) is 11.8 Å². The number of aliphatic imine (C=N–C) groups is 1. The maximum Gasteiger partial charge on any atom is 0.343 e. The monoisotopic (exact) mass is 357 g/mol. The first-order valence-electron chi connectivity index (χ1n) is 8.13. The van der Waals surface area contributed by atoms with Crippen LogP contribution in [0.3, 0.4) is 0 Å². The number of carbonyl (C=O) groups is 3. The smallest absolute Gasteiger partial charge is 0.343 e. The van der Waals surface area contributed by atoms with E-state index in [0.717, 1.165) is 0 Å². The van der Waals surface area contributed by atoms with Crippen molar-refractivity contribution in [3.8, 4) is 0 Å². The number of anilines is 1. The maximum absolute atomic E-state index is 13.1. The number of carbonyl (C=O) groups excluding carboxylic acids is 3. The summed E-state index contributed by atoms with van der Waals surface area (Å²) in [6, 6.07) is 0. The number of aromatic nitrogens is 2. The Bertz CT molecular complexity index is 867. The minimum absolute atomic E-state index is 0.0902. The van der Waals surface area contributed by atoms with Crippen LogP contribution in [0.1, 0.15) is 30.6 Å². The second-order valence-electron chi connectivity index (χ2n) is 6.09. The molecular formula is C17H19N5O4. The molecule has 9 heteroatoms. The molecule has 1 aromatic heterocycles. The molecule has 0 saturated carbocycles. The van der Waals surface area contributed by atoms with Crippen LogP contribution in [-0.4, -0.2) is 50.4 Å². The second-order valence-corrected chi connectivity index (χ2v) is 6.09. The van der Waals surface area contributed by atoms with Gasteiger partial charge in [-0.15, -0.1) is 0 Å². The van der Waals surface area contributed by atoms with Crippen LogP contribution in [0.4, 0.5) is 5.82 Å². The summed E-state index contributed by atoms with van der Waals surface area (Å²) in [5, 5.41) is 6.72. The van der Waals surface area contributed by atoms with Crippen LogP contribution >= 0.6 is 0 Å². The average molecular weight is 357 g/mol. The third-order valence-electron chi connectivity index (χ3n) is 4.26. The highest BCUT2D eigenvalue weighted by atomic mass is 16.5. The third-order valence-corrected chi connectivity index (χ3v) is 4.26. The van der Waals surface area contributed by atoms with Crippen LogP contribution in [0.15, 0.2) is 35.6 Å². The molecule has 0 radical (unpaired) electrons. The van der Waals surface area contributed by atoms with E-state index < -0.39 is 17.4 Å². The van der Waals surface area contributed by atoms with Crippen molar-refractivity contribution in [1.29, 1.82) is 0 Å². The lowest BCUT2D eigenvalue weighted by atomic mass is 9.91. The fourth-order valence-corrected chi connectivity index (χ4v) is 2.87. The van der Waals surface area contributed by atoms with Gasteiger partial charge in [-0.1, -0.05) is 6.08 Å². The van der Waals surface area contributed by atoms with Gasteiger partial charge in [0.15, 0.2) is 0 Å². The lowest BCUT2D eigenvalue weighted by Crippen LogP contribution is -2.58. The highest BCUT2D eigenvalue weighted by Gasteiger charge is 2.45. The molecule has 0 saturated heterocycles. The standard InChI is InChI=1S/C17H19N5O4/c1-4-26-15(24)11-10-18-21(3)14(11)20-16(25)17(2)9-13(23)19-12-7-5-6-8-22(12)17/h5-8,10H,4,9H2,1-3H3,(H,20,25). The van der Waals surface area contributed by atoms with E-state index in [1.54, 1.807) is 50.2 Å². The summed E-state index contributed by atoms with van der Waals surface area (Å²) in [5.41, 5.74) is -1.04. The van der Waals surface area contributed by atoms with Gasteiger partial charge in [0.05, 0.1) is 19.2 Å². The maximum atomic E-state index is 13.1. The fraction of sp³-hybridized carbons (Fsp3) is 0.353. The molecule has 9 nitrogen and oxygen atoms in total. The lowest BCUT2D eigenvalue weighted by molar-refractivity contribution is -0.130. The SMILES string of the molecule is CCOC(=O)c1cnn(C)c1NC(=O)C1(C)CC(=O)N=C2C=CC=CN21. The quantitative estimate of drug-likeness (QED) is 0.806. The number of amidine groups is 1. The van der Waals surface area contributed by atoms with Crippen molar-refractivity contribution in [3.05, 3.63) is 36.2 Å². The molecule has 0 bridgehead atoms. The molecule has 3 heterocycles. The normalized spacial score (nSPS) is 21.3. The van der Waals surface area contributed by atoms with Gasteiger partial charge in [0, 0.05) is 13.2 Å². The zero-order chi connectivity index (χ0) is 18.9. The summed E-state index contributed by atoms with van der Waals surface area (Å²) < 4.78 is 6.36. The van der Waals surface area contributed by atoms with E-state index in [1.807, 2.05) is 0 Å². The lowest BCUT2D eigenvalue weighted by Gasteiger charge is -2.41. The van der Waals surface area contributed by atoms with Crippen LogP contribution in [0, 0.1) is 0 Å². The van der Waals surface area contributed by atoms with Crippen molar-refractivity contribution in [3.63, 3.8) is 0 Å². The summed E-state index contributed by atoms with van der Waals surface area (Å²) >= 11 is 0.